The maximum absolute atomic E-state index is 11.7. The Hall–Kier alpha value is -2.61. The average Bonchev–Trinajstić information content (AvgIpc) is 2.41. The number of aryl methyl sites for hydroxylation is 1. The summed E-state index contributed by atoms with van der Waals surface area (Å²) in [6.07, 6.45) is 3.17. The molecule has 0 atom stereocenters. The van der Waals surface area contributed by atoms with Gasteiger partial charge in [-0.25, -0.2) is 4.98 Å². The molecule has 5 nitrogen and oxygen atoms in total. The smallest absolute Gasteiger partial charge is 0.293 e. The SMILES string of the molecule is Cn1ccnc(NCc2cccc(C#N)c2)c1=O. The summed E-state index contributed by atoms with van der Waals surface area (Å²) in [6.45, 7) is 0.460. The maximum Gasteiger partial charge on any atom is 0.293 e. The van der Waals surface area contributed by atoms with Crippen molar-refractivity contribution >= 4 is 5.82 Å². The molecule has 1 N–H and O–H groups in total. The molecule has 0 radical (unpaired) electrons. The quantitative estimate of drug-likeness (QED) is 0.876. The van der Waals surface area contributed by atoms with E-state index in [2.05, 4.69) is 16.4 Å². The number of aromatic nitrogens is 2. The summed E-state index contributed by atoms with van der Waals surface area (Å²) in [5.74, 6) is 0.308. The molecule has 0 aliphatic rings. The first-order valence-electron chi connectivity index (χ1n) is 5.45. The Morgan fingerprint density at radius 3 is 3.11 bits per heavy atom. The molecule has 18 heavy (non-hydrogen) atoms. The molecule has 1 heterocycles. The van der Waals surface area contributed by atoms with Gasteiger partial charge < -0.3 is 9.88 Å². The highest BCUT2D eigenvalue weighted by atomic mass is 16.1. The van der Waals surface area contributed by atoms with Gasteiger partial charge in [0.05, 0.1) is 11.6 Å². The first-order chi connectivity index (χ1) is 8.70. The van der Waals surface area contributed by atoms with E-state index >= 15 is 0 Å². The second-order valence-corrected chi connectivity index (χ2v) is 3.86. The molecule has 0 saturated carbocycles. The van der Waals surface area contributed by atoms with Crippen molar-refractivity contribution in [2.75, 3.05) is 5.32 Å². The second-order valence-electron chi connectivity index (χ2n) is 3.86. The predicted octanol–water partition coefficient (Wildman–Crippen LogP) is 1.26. The Labute approximate surface area is 104 Å². The molecule has 0 spiro atoms. The minimum atomic E-state index is -0.172. The van der Waals surface area contributed by atoms with Crippen LogP contribution < -0.4 is 10.9 Å². The summed E-state index contributed by atoms with van der Waals surface area (Å²) in [7, 11) is 1.67. The molecule has 0 aliphatic heterocycles. The highest BCUT2D eigenvalue weighted by Gasteiger charge is 2.02. The average molecular weight is 240 g/mol. The van der Waals surface area contributed by atoms with Gasteiger partial charge in [-0.15, -0.1) is 0 Å². The molecule has 0 amide bonds. The van der Waals surface area contributed by atoms with Gasteiger partial charge in [0.1, 0.15) is 0 Å². The van der Waals surface area contributed by atoms with Crippen LogP contribution in [-0.4, -0.2) is 9.55 Å². The fourth-order valence-corrected chi connectivity index (χ4v) is 1.56. The molecule has 2 rings (SSSR count). The van der Waals surface area contributed by atoms with E-state index in [0.29, 0.717) is 17.9 Å². The zero-order chi connectivity index (χ0) is 13.0. The van der Waals surface area contributed by atoms with Gasteiger partial charge in [0, 0.05) is 26.0 Å². The van der Waals surface area contributed by atoms with Crippen LogP contribution in [0.3, 0.4) is 0 Å². The third-order valence-corrected chi connectivity index (χ3v) is 2.53. The highest BCUT2D eigenvalue weighted by molar-refractivity contribution is 5.36. The third-order valence-electron chi connectivity index (χ3n) is 2.53. The van der Waals surface area contributed by atoms with Crippen molar-refractivity contribution in [1.29, 1.82) is 5.26 Å². The van der Waals surface area contributed by atoms with Crippen molar-refractivity contribution in [2.45, 2.75) is 6.54 Å². The first kappa shape index (κ1) is 11.9. The Morgan fingerprint density at radius 2 is 2.33 bits per heavy atom. The van der Waals surface area contributed by atoms with Gasteiger partial charge in [0.2, 0.25) is 0 Å². The molecule has 5 heteroatoms. The summed E-state index contributed by atoms with van der Waals surface area (Å²) < 4.78 is 1.46. The van der Waals surface area contributed by atoms with Gasteiger partial charge in [0.15, 0.2) is 5.82 Å². The van der Waals surface area contributed by atoms with Crippen molar-refractivity contribution in [3.8, 4) is 6.07 Å². The molecular formula is C13H12N4O. The van der Waals surface area contributed by atoms with Crippen LogP contribution in [0.2, 0.25) is 0 Å². The summed E-state index contributed by atoms with van der Waals surface area (Å²) in [5.41, 5.74) is 1.36. The predicted molar refractivity (Wildman–Crippen MR) is 68.0 cm³/mol. The number of nitrogens with one attached hydrogen (secondary N) is 1. The number of hydrogen-bond acceptors (Lipinski definition) is 4. The van der Waals surface area contributed by atoms with Gasteiger partial charge in [-0.05, 0) is 17.7 Å². The molecule has 1 aromatic carbocycles. The molecular weight excluding hydrogens is 228 g/mol. The minimum absolute atomic E-state index is 0.172. The Kier molecular flexibility index (Phi) is 3.39. The molecule has 1 aromatic heterocycles. The van der Waals surface area contributed by atoms with E-state index in [1.807, 2.05) is 12.1 Å². The molecule has 0 saturated heterocycles. The topological polar surface area (TPSA) is 70.7 Å². The number of nitrogens with zero attached hydrogens (tertiary/aromatic N) is 3. The Morgan fingerprint density at radius 1 is 1.50 bits per heavy atom. The van der Waals surface area contributed by atoms with Crippen LogP contribution in [-0.2, 0) is 13.6 Å². The summed E-state index contributed by atoms with van der Waals surface area (Å²) in [5, 5.41) is 11.8. The fraction of sp³-hybridized carbons (Fsp3) is 0.154. The lowest BCUT2D eigenvalue weighted by Gasteiger charge is -2.06. The van der Waals surface area contributed by atoms with Crippen LogP contribution in [0.5, 0.6) is 0 Å². The lowest BCUT2D eigenvalue weighted by atomic mass is 10.1. The van der Waals surface area contributed by atoms with Gasteiger partial charge >= 0.3 is 0 Å². The van der Waals surface area contributed by atoms with Crippen LogP contribution in [0.1, 0.15) is 11.1 Å². The Balaban J connectivity index is 2.14. The van der Waals surface area contributed by atoms with Gasteiger partial charge in [-0.3, -0.25) is 4.79 Å². The number of hydrogen-bond donors (Lipinski definition) is 1. The van der Waals surface area contributed by atoms with Crippen molar-refractivity contribution < 1.29 is 0 Å². The van der Waals surface area contributed by atoms with Crippen molar-refractivity contribution in [3.05, 3.63) is 58.1 Å². The monoisotopic (exact) mass is 240 g/mol. The lowest BCUT2D eigenvalue weighted by molar-refractivity contribution is 0.839. The van der Waals surface area contributed by atoms with E-state index in [1.165, 1.54) is 4.57 Å². The number of benzene rings is 1. The summed E-state index contributed by atoms with van der Waals surface area (Å²) >= 11 is 0. The molecule has 0 fully saturated rings. The van der Waals surface area contributed by atoms with E-state index in [9.17, 15) is 4.79 Å². The number of rotatable bonds is 3. The zero-order valence-electron chi connectivity index (χ0n) is 9.92. The summed E-state index contributed by atoms with van der Waals surface area (Å²) in [4.78, 5) is 15.7. The minimum Gasteiger partial charge on any atom is -0.361 e. The molecule has 0 bridgehead atoms. The van der Waals surface area contributed by atoms with Gasteiger partial charge in [-0.1, -0.05) is 12.1 Å². The van der Waals surface area contributed by atoms with Crippen molar-refractivity contribution in [1.82, 2.24) is 9.55 Å². The van der Waals surface area contributed by atoms with E-state index in [1.54, 1.807) is 31.6 Å². The van der Waals surface area contributed by atoms with Gasteiger partial charge in [-0.2, -0.15) is 5.26 Å². The van der Waals surface area contributed by atoms with Crippen LogP contribution >= 0.6 is 0 Å². The maximum atomic E-state index is 11.7. The zero-order valence-corrected chi connectivity index (χ0v) is 9.92. The standard InChI is InChI=1S/C13H12N4O/c1-17-6-5-15-12(13(17)18)16-9-11-4-2-3-10(7-11)8-14/h2-7H,9H2,1H3,(H,15,16). The molecule has 90 valence electrons. The van der Waals surface area contributed by atoms with E-state index in [4.69, 9.17) is 5.26 Å². The first-order valence-corrected chi connectivity index (χ1v) is 5.45. The van der Waals surface area contributed by atoms with Crippen LogP contribution in [0.4, 0.5) is 5.82 Å². The number of nitriles is 1. The van der Waals surface area contributed by atoms with Crippen molar-refractivity contribution in [2.24, 2.45) is 7.05 Å². The second kappa shape index (κ2) is 5.15. The van der Waals surface area contributed by atoms with Crippen molar-refractivity contribution in [3.63, 3.8) is 0 Å². The molecule has 2 aromatic rings. The Bertz CT molecular complexity index is 655. The normalized spacial score (nSPS) is 9.78. The largest absolute Gasteiger partial charge is 0.361 e. The van der Waals surface area contributed by atoms with E-state index in [-0.39, 0.29) is 5.56 Å². The van der Waals surface area contributed by atoms with E-state index in [0.717, 1.165) is 5.56 Å². The van der Waals surface area contributed by atoms with Gasteiger partial charge in [0.25, 0.3) is 5.56 Å². The fourth-order valence-electron chi connectivity index (χ4n) is 1.56. The summed E-state index contributed by atoms with van der Waals surface area (Å²) in [6, 6.07) is 9.30. The van der Waals surface area contributed by atoms with Crippen LogP contribution in [0.15, 0.2) is 41.5 Å². The highest BCUT2D eigenvalue weighted by Crippen LogP contribution is 2.05. The van der Waals surface area contributed by atoms with Crippen LogP contribution in [0, 0.1) is 11.3 Å². The third kappa shape index (κ3) is 2.55. The van der Waals surface area contributed by atoms with Crippen LogP contribution in [0.25, 0.3) is 0 Å². The molecule has 0 aliphatic carbocycles. The lowest BCUT2D eigenvalue weighted by Crippen LogP contribution is -2.21. The number of anilines is 1. The van der Waals surface area contributed by atoms with E-state index < -0.39 is 0 Å². The molecule has 0 unspecified atom stereocenters.